The van der Waals surface area contributed by atoms with E-state index in [1.807, 2.05) is 6.92 Å². The number of carboxylic acids is 1. The van der Waals surface area contributed by atoms with Gasteiger partial charge in [0, 0.05) is 30.4 Å². The van der Waals surface area contributed by atoms with Crippen LogP contribution in [0.15, 0.2) is 24.5 Å². The van der Waals surface area contributed by atoms with E-state index in [1.54, 1.807) is 10.9 Å². The van der Waals surface area contributed by atoms with Crippen LogP contribution in [0.1, 0.15) is 40.9 Å². The maximum Gasteiger partial charge on any atom is 0.338 e. The first kappa shape index (κ1) is 14.2. The Labute approximate surface area is 134 Å². The molecule has 2 aliphatic rings. The Morgan fingerprint density at radius 1 is 1.35 bits per heavy atom. The van der Waals surface area contributed by atoms with Crippen LogP contribution in [-0.4, -0.2) is 38.9 Å². The quantitative estimate of drug-likeness (QED) is 0.938. The van der Waals surface area contributed by atoms with Crippen molar-refractivity contribution in [1.29, 1.82) is 0 Å². The monoisotopic (exact) mass is 312 g/mol. The zero-order valence-electron chi connectivity index (χ0n) is 13.2. The second-order valence-corrected chi connectivity index (χ2v) is 6.86. The molecule has 1 N–H and O–H groups in total. The minimum Gasteiger partial charge on any atom is -0.478 e. The van der Waals surface area contributed by atoms with Crippen LogP contribution < -0.4 is 4.90 Å². The van der Waals surface area contributed by atoms with Gasteiger partial charge in [0.25, 0.3) is 0 Å². The number of anilines is 1. The van der Waals surface area contributed by atoms with Crippen molar-refractivity contribution in [3.05, 3.63) is 41.3 Å². The lowest BCUT2D eigenvalue weighted by Crippen LogP contribution is -2.60. The largest absolute Gasteiger partial charge is 0.478 e. The van der Waals surface area contributed by atoms with Crippen LogP contribution in [0.4, 0.5) is 5.82 Å². The van der Waals surface area contributed by atoms with Gasteiger partial charge < -0.3 is 10.0 Å². The molecule has 1 spiro atoms. The van der Waals surface area contributed by atoms with Crippen LogP contribution in [0.5, 0.6) is 0 Å². The summed E-state index contributed by atoms with van der Waals surface area (Å²) in [4.78, 5) is 18.0. The molecule has 0 bridgehead atoms. The highest BCUT2D eigenvalue weighted by atomic mass is 16.4. The Balaban J connectivity index is 1.46. The Morgan fingerprint density at radius 2 is 2.13 bits per heavy atom. The van der Waals surface area contributed by atoms with Gasteiger partial charge in [0.05, 0.1) is 18.3 Å². The number of rotatable bonds is 4. The third-order valence-corrected chi connectivity index (χ3v) is 5.18. The van der Waals surface area contributed by atoms with E-state index < -0.39 is 5.97 Å². The van der Waals surface area contributed by atoms with E-state index in [-0.39, 0.29) is 5.56 Å². The summed E-state index contributed by atoms with van der Waals surface area (Å²) in [7, 11) is 0. The minimum atomic E-state index is -0.954. The molecule has 2 aromatic rings. The topological polar surface area (TPSA) is 71.2 Å². The summed E-state index contributed by atoms with van der Waals surface area (Å²) in [5, 5.41) is 13.0. The first-order valence-electron chi connectivity index (χ1n) is 8.02. The normalized spacial score (nSPS) is 18.6. The van der Waals surface area contributed by atoms with E-state index in [9.17, 15) is 4.79 Å². The fourth-order valence-electron chi connectivity index (χ4n) is 3.57. The van der Waals surface area contributed by atoms with Gasteiger partial charge in [0.15, 0.2) is 0 Å². The molecule has 2 aromatic heterocycles. The highest BCUT2D eigenvalue weighted by molar-refractivity contribution is 5.86. The van der Waals surface area contributed by atoms with Gasteiger partial charge in [0.2, 0.25) is 0 Å². The lowest BCUT2D eigenvalue weighted by atomic mass is 9.63. The minimum absolute atomic E-state index is 0.207. The zero-order valence-corrected chi connectivity index (χ0v) is 13.2. The van der Waals surface area contributed by atoms with E-state index in [1.165, 1.54) is 25.5 Å². The lowest BCUT2D eigenvalue weighted by molar-refractivity contribution is 0.0696. The number of pyridine rings is 1. The number of carboxylic acid groups (broad SMARTS) is 1. The third-order valence-electron chi connectivity index (χ3n) is 5.18. The van der Waals surface area contributed by atoms with E-state index in [4.69, 9.17) is 10.1 Å². The Bertz CT molecular complexity index is 756. The van der Waals surface area contributed by atoms with Gasteiger partial charge in [-0.05, 0) is 31.4 Å². The molecular weight excluding hydrogens is 292 g/mol. The van der Waals surface area contributed by atoms with Gasteiger partial charge in [-0.2, -0.15) is 5.10 Å². The molecule has 4 rings (SSSR count). The van der Waals surface area contributed by atoms with Crippen molar-refractivity contribution in [3.63, 3.8) is 0 Å². The van der Waals surface area contributed by atoms with Gasteiger partial charge in [-0.15, -0.1) is 0 Å². The standard InChI is InChI=1S/C17H20N4O2/c1-12-13(8-21-9-14(7-18-21)16(22)23)3-4-15(19-12)20-10-17(11-20)5-2-6-17/h3-4,7,9H,2,5-6,8,10-11H2,1H3,(H,22,23). The van der Waals surface area contributed by atoms with Crippen LogP contribution in [0.3, 0.4) is 0 Å². The molecule has 0 amide bonds. The summed E-state index contributed by atoms with van der Waals surface area (Å²) in [5.41, 5.74) is 2.84. The van der Waals surface area contributed by atoms with Crippen LogP contribution in [0, 0.1) is 12.3 Å². The van der Waals surface area contributed by atoms with Gasteiger partial charge in [-0.1, -0.05) is 12.5 Å². The van der Waals surface area contributed by atoms with Gasteiger partial charge in [-0.3, -0.25) is 4.68 Å². The maximum absolute atomic E-state index is 10.9. The van der Waals surface area contributed by atoms with Gasteiger partial charge in [0.1, 0.15) is 5.82 Å². The van der Waals surface area contributed by atoms with E-state index in [0.717, 1.165) is 30.2 Å². The predicted molar refractivity (Wildman–Crippen MR) is 85.8 cm³/mol. The average Bonchev–Trinajstić information content (AvgIpc) is 2.87. The average molecular weight is 312 g/mol. The van der Waals surface area contributed by atoms with Gasteiger partial charge >= 0.3 is 5.97 Å². The molecule has 2 fully saturated rings. The van der Waals surface area contributed by atoms with E-state index in [0.29, 0.717) is 12.0 Å². The van der Waals surface area contributed by atoms with Crippen LogP contribution in [0.25, 0.3) is 0 Å². The lowest BCUT2D eigenvalue weighted by Gasteiger charge is -2.56. The summed E-state index contributed by atoms with van der Waals surface area (Å²) in [5.74, 6) is 0.0969. The number of aryl methyl sites for hydroxylation is 1. The van der Waals surface area contributed by atoms with Crippen molar-refractivity contribution in [2.45, 2.75) is 32.7 Å². The number of nitrogens with zero attached hydrogens (tertiary/aromatic N) is 4. The predicted octanol–water partition coefficient (Wildman–Crippen LogP) is 2.32. The molecule has 0 atom stereocenters. The number of aromatic carboxylic acids is 1. The number of aromatic nitrogens is 3. The summed E-state index contributed by atoms with van der Waals surface area (Å²) < 4.78 is 1.64. The van der Waals surface area contributed by atoms with E-state index in [2.05, 4.69) is 22.1 Å². The SMILES string of the molecule is Cc1nc(N2CC3(CCC3)C2)ccc1Cn1cc(C(=O)O)cn1. The van der Waals surface area contributed by atoms with Crippen LogP contribution in [0.2, 0.25) is 0 Å². The molecular formula is C17H20N4O2. The Morgan fingerprint density at radius 3 is 2.70 bits per heavy atom. The molecule has 6 nitrogen and oxygen atoms in total. The molecule has 1 aliphatic heterocycles. The number of carbonyl (C=O) groups is 1. The van der Waals surface area contributed by atoms with Crippen molar-refractivity contribution in [2.75, 3.05) is 18.0 Å². The third kappa shape index (κ3) is 2.48. The summed E-state index contributed by atoms with van der Waals surface area (Å²) in [6.45, 7) is 4.81. The first-order valence-corrected chi connectivity index (χ1v) is 8.02. The molecule has 6 heteroatoms. The van der Waals surface area contributed by atoms with Crippen LogP contribution >= 0.6 is 0 Å². The highest BCUT2D eigenvalue weighted by Crippen LogP contribution is 2.49. The van der Waals surface area contributed by atoms with Crippen molar-refractivity contribution >= 4 is 11.8 Å². The van der Waals surface area contributed by atoms with Gasteiger partial charge in [-0.25, -0.2) is 9.78 Å². The van der Waals surface area contributed by atoms with E-state index >= 15 is 0 Å². The molecule has 3 heterocycles. The first-order chi connectivity index (χ1) is 11.0. The Hall–Kier alpha value is -2.37. The summed E-state index contributed by atoms with van der Waals surface area (Å²) in [6, 6.07) is 4.14. The van der Waals surface area contributed by atoms with Crippen molar-refractivity contribution < 1.29 is 9.90 Å². The zero-order chi connectivity index (χ0) is 16.0. The van der Waals surface area contributed by atoms with Crippen LogP contribution in [-0.2, 0) is 6.54 Å². The summed E-state index contributed by atoms with van der Waals surface area (Å²) in [6.07, 6.45) is 7.03. The molecule has 0 aromatic carbocycles. The van der Waals surface area contributed by atoms with Crippen molar-refractivity contribution in [3.8, 4) is 0 Å². The maximum atomic E-state index is 10.9. The molecule has 0 unspecified atom stereocenters. The van der Waals surface area contributed by atoms with Crippen molar-refractivity contribution in [2.24, 2.45) is 5.41 Å². The molecule has 1 aliphatic carbocycles. The molecule has 23 heavy (non-hydrogen) atoms. The number of hydrogen-bond donors (Lipinski definition) is 1. The summed E-state index contributed by atoms with van der Waals surface area (Å²) >= 11 is 0. The number of hydrogen-bond acceptors (Lipinski definition) is 4. The smallest absolute Gasteiger partial charge is 0.338 e. The molecule has 120 valence electrons. The molecule has 1 saturated carbocycles. The Kier molecular flexibility index (Phi) is 3.14. The second kappa shape index (κ2) is 5.08. The molecule has 1 saturated heterocycles. The fourth-order valence-corrected chi connectivity index (χ4v) is 3.57. The second-order valence-electron chi connectivity index (χ2n) is 6.86. The highest BCUT2D eigenvalue weighted by Gasteiger charge is 2.47. The van der Waals surface area contributed by atoms with Crippen molar-refractivity contribution in [1.82, 2.24) is 14.8 Å². The molecule has 0 radical (unpaired) electrons. The fraction of sp³-hybridized carbons (Fsp3) is 0.471.